The van der Waals surface area contributed by atoms with E-state index in [2.05, 4.69) is 10.2 Å². The molecule has 0 aromatic carbocycles. The zero-order chi connectivity index (χ0) is 13.6. The Morgan fingerprint density at radius 1 is 1.26 bits per heavy atom. The number of ether oxygens (including phenoxy) is 2. The molecule has 1 saturated carbocycles. The highest BCUT2D eigenvalue weighted by Gasteiger charge is 2.38. The number of alkyl carbamates (subject to hydrolysis) is 1. The van der Waals surface area contributed by atoms with Crippen LogP contribution in [-0.2, 0) is 9.47 Å². The van der Waals surface area contributed by atoms with Gasteiger partial charge in [0.2, 0.25) is 0 Å². The maximum atomic E-state index is 11.5. The molecular weight excluding hydrogens is 244 g/mol. The van der Waals surface area contributed by atoms with E-state index in [1.165, 1.54) is 32.1 Å². The fraction of sp³-hybridized carbons (Fsp3) is 0.929. The standard InChI is InChI=1S/C14H26N2O3/c1-2-19-13(17)15-12-14(6-4-3-5-7-14)16-8-10-18-11-9-16/h2-12H2,1H3,(H,15,17). The Kier molecular flexibility index (Phi) is 5.45. The number of nitrogens with zero attached hydrogens (tertiary/aromatic N) is 1. The zero-order valence-corrected chi connectivity index (χ0v) is 12.0. The minimum Gasteiger partial charge on any atom is -0.450 e. The fourth-order valence-corrected chi connectivity index (χ4v) is 3.27. The summed E-state index contributed by atoms with van der Waals surface area (Å²) in [6.07, 6.45) is 5.86. The highest BCUT2D eigenvalue weighted by atomic mass is 16.5. The van der Waals surface area contributed by atoms with E-state index in [4.69, 9.17) is 9.47 Å². The lowest BCUT2D eigenvalue weighted by atomic mass is 9.80. The van der Waals surface area contributed by atoms with Crippen molar-refractivity contribution in [2.75, 3.05) is 39.5 Å². The first-order valence-electron chi connectivity index (χ1n) is 7.50. The molecule has 1 aliphatic heterocycles. The Labute approximate surface area is 115 Å². The van der Waals surface area contributed by atoms with E-state index >= 15 is 0 Å². The Hall–Kier alpha value is -0.810. The second-order valence-corrected chi connectivity index (χ2v) is 5.46. The molecule has 0 atom stereocenters. The minimum atomic E-state index is -0.291. The van der Waals surface area contributed by atoms with Gasteiger partial charge in [-0.1, -0.05) is 19.3 Å². The molecule has 1 aliphatic carbocycles. The van der Waals surface area contributed by atoms with Crippen molar-refractivity contribution in [1.29, 1.82) is 0 Å². The smallest absolute Gasteiger partial charge is 0.407 e. The van der Waals surface area contributed by atoms with E-state index in [9.17, 15) is 4.79 Å². The molecule has 2 rings (SSSR count). The number of amides is 1. The maximum absolute atomic E-state index is 11.5. The van der Waals surface area contributed by atoms with Gasteiger partial charge in [0.1, 0.15) is 0 Å². The Bertz CT molecular complexity index is 284. The summed E-state index contributed by atoms with van der Waals surface area (Å²) >= 11 is 0. The highest BCUT2D eigenvalue weighted by Crippen LogP contribution is 2.33. The van der Waals surface area contributed by atoms with Crippen molar-refractivity contribution in [1.82, 2.24) is 10.2 Å². The first-order chi connectivity index (χ1) is 9.27. The van der Waals surface area contributed by atoms with Crippen molar-refractivity contribution in [2.45, 2.75) is 44.6 Å². The number of hydrogen-bond acceptors (Lipinski definition) is 4. The van der Waals surface area contributed by atoms with Gasteiger partial charge in [0.05, 0.1) is 19.8 Å². The van der Waals surface area contributed by atoms with Crippen molar-refractivity contribution in [3.8, 4) is 0 Å². The van der Waals surface area contributed by atoms with E-state index in [1.54, 1.807) is 0 Å². The molecule has 0 unspecified atom stereocenters. The zero-order valence-electron chi connectivity index (χ0n) is 12.0. The number of carbonyl (C=O) groups is 1. The molecule has 0 aromatic heterocycles. The van der Waals surface area contributed by atoms with Crippen LogP contribution in [0.25, 0.3) is 0 Å². The quantitative estimate of drug-likeness (QED) is 0.846. The molecule has 1 amide bonds. The Morgan fingerprint density at radius 2 is 1.95 bits per heavy atom. The lowest BCUT2D eigenvalue weighted by Crippen LogP contribution is -2.59. The summed E-state index contributed by atoms with van der Waals surface area (Å²) in [6, 6.07) is 0. The van der Waals surface area contributed by atoms with Crippen LogP contribution in [0.15, 0.2) is 0 Å². The first-order valence-corrected chi connectivity index (χ1v) is 7.50. The maximum Gasteiger partial charge on any atom is 0.407 e. The van der Waals surface area contributed by atoms with Crippen LogP contribution < -0.4 is 5.32 Å². The average Bonchev–Trinajstić information content (AvgIpc) is 2.47. The van der Waals surface area contributed by atoms with Gasteiger partial charge in [0.25, 0.3) is 0 Å². The molecule has 0 spiro atoms. The molecular formula is C14H26N2O3. The first kappa shape index (κ1) is 14.6. The van der Waals surface area contributed by atoms with Gasteiger partial charge in [-0.2, -0.15) is 0 Å². The second kappa shape index (κ2) is 7.10. The normalized spacial score (nSPS) is 23.8. The summed E-state index contributed by atoms with van der Waals surface area (Å²) in [5.41, 5.74) is 0.120. The SMILES string of the molecule is CCOC(=O)NCC1(N2CCOCC2)CCCCC1. The third kappa shape index (κ3) is 3.83. The van der Waals surface area contributed by atoms with Crippen LogP contribution in [0.2, 0.25) is 0 Å². The Morgan fingerprint density at radius 3 is 2.58 bits per heavy atom. The van der Waals surface area contributed by atoms with Gasteiger partial charge < -0.3 is 14.8 Å². The number of carbonyl (C=O) groups excluding carboxylic acids is 1. The van der Waals surface area contributed by atoms with Gasteiger partial charge in [-0.3, -0.25) is 4.90 Å². The number of nitrogens with one attached hydrogen (secondary N) is 1. The van der Waals surface area contributed by atoms with Crippen molar-refractivity contribution in [3.63, 3.8) is 0 Å². The van der Waals surface area contributed by atoms with Crippen LogP contribution >= 0.6 is 0 Å². The van der Waals surface area contributed by atoms with Crippen molar-refractivity contribution >= 4 is 6.09 Å². The van der Waals surface area contributed by atoms with Gasteiger partial charge in [0, 0.05) is 25.2 Å². The van der Waals surface area contributed by atoms with Crippen molar-refractivity contribution in [3.05, 3.63) is 0 Å². The second-order valence-electron chi connectivity index (χ2n) is 5.46. The summed E-state index contributed by atoms with van der Waals surface area (Å²) in [5, 5.41) is 2.95. The lowest BCUT2D eigenvalue weighted by molar-refractivity contribution is -0.0365. The van der Waals surface area contributed by atoms with E-state index in [0.717, 1.165) is 26.3 Å². The van der Waals surface area contributed by atoms with Gasteiger partial charge in [-0.05, 0) is 19.8 Å². The minimum absolute atomic E-state index is 0.120. The highest BCUT2D eigenvalue weighted by molar-refractivity contribution is 5.67. The van der Waals surface area contributed by atoms with Crippen molar-refractivity contribution in [2.24, 2.45) is 0 Å². The summed E-state index contributed by atoms with van der Waals surface area (Å²) in [5.74, 6) is 0. The summed E-state index contributed by atoms with van der Waals surface area (Å²) < 4.78 is 10.4. The molecule has 2 aliphatic rings. The molecule has 19 heavy (non-hydrogen) atoms. The topological polar surface area (TPSA) is 50.8 Å². The molecule has 0 radical (unpaired) electrons. The summed E-state index contributed by atoms with van der Waals surface area (Å²) in [4.78, 5) is 14.0. The number of hydrogen-bond donors (Lipinski definition) is 1. The van der Waals surface area contributed by atoms with Crippen LogP contribution in [0.5, 0.6) is 0 Å². The predicted molar refractivity (Wildman–Crippen MR) is 73.2 cm³/mol. The van der Waals surface area contributed by atoms with E-state index in [1.807, 2.05) is 6.92 Å². The third-order valence-corrected chi connectivity index (χ3v) is 4.30. The summed E-state index contributed by atoms with van der Waals surface area (Å²) in [6.45, 7) is 6.53. The van der Waals surface area contributed by atoms with Gasteiger partial charge >= 0.3 is 6.09 Å². The van der Waals surface area contributed by atoms with E-state index < -0.39 is 0 Å². The molecule has 2 fully saturated rings. The lowest BCUT2D eigenvalue weighted by Gasteiger charge is -2.48. The largest absolute Gasteiger partial charge is 0.450 e. The van der Waals surface area contributed by atoms with Crippen LogP contribution in [-0.4, -0.2) is 56.0 Å². The van der Waals surface area contributed by atoms with Crippen LogP contribution in [0, 0.1) is 0 Å². The number of rotatable bonds is 4. The fourth-order valence-electron chi connectivity index (χ4n) is 3.27. The molecule has 5 heteroatoms. The molecule has 1 N–H and O–H groups in total. The predicted octanol–water partition coefficient (Wildman–Crippen LogP) is 1.77. The van der Waals surface area contributed by atoms with Crippen molar-refractivity contribution < 1.29 is 14.3 Å². The van der Waals surface area contributed by atoms with Crippen LogP contribution in [0.1, 0.15) is 39.0 Å². The summed E-state index contributed by atoms with van der Waals surface area (Å²) in [7, 11) is 0. The third-order valence-electron chi connectivity index (χ3n) is 4.30. The molecule has 0 bridgehead atoms. The monoisotopic (exact) mass is 270 g/mol. The van der Waals surface area contributed by atoms with E-state index in [-0.39, 0.29) is 11.6 Å². The van der Waals surface area contributed by atoms with Crippen LogP contribution in [0.3, 0.4) is 0 Å². The van der Waals surface area contributed by atoms with E-state index in [0.29, 0.717) is 13.2 Å². The molecule has 1 heterocycles. The molecule has 0 aromatic rings. The van der Waals surface area contributed by atoms with Gasteiger partial charge in [-0.25, -0.2) is 4.79 Å². The molecule has 110 valence electrons. The van der Waals surface area contributed by atoms with Crippen LogP contribution in [0.4, 0.5) is 4.79 Å². The van der Waals surface area contributed by atoms with Gasteiger partial charge in [0.15, 0.2) is 0 Å². The van der Waals surface area contributed by atoms with Gasteiger partial charge in [-0.15, -0.1) is 0 Å². The number of morpholine rings is 1. The average molecular weight is 270 g/mol. The molecule has 1 saturated heterocycles. The Balaban J connectivity index is 1.95. The molecule has 5 nitrogen and oxygen atoms in total.